The van der Waals surface area contributed by atoms with Crippen LogP contribution in [0, 0.1) is 0 Å². The topological polar surface area (TPSA) is 51.3 Å². The minimum Gasteiger partial charge on any atom is -0.321 e. The van der Waals surface area contributed by atoms with Gasteiger partial charge in [-0.1, -0.05) is 72.3 Å². The Morgan fingerprint density at radius 1 is 0.857 bits per heavy atom. The van der Waals surface area contributed by atoms with E-state index in [9.17, 15) is 4.79 Å². The number of allylic oxidation sites excluding steroid dienone is 1. The fraction of sp³-hybridized carbons (Fsp3) is 0. The van der Waals surface area contributed by atoms with E-state index in [1.807, 2.05) is 60.7 Å². The van der Waals surface area contributed by atoms with E-state index in [1.165, 1.54) is 0 Å². The summed E-state index contributed by atoms with van der Waals surface area (Å²) in [4.78, 5) is 27.8. The number of Topliss-reactive ketones (excluding diaryl/α,β-unsaturated/α-hetero) is 1. The molecule has 4 nitrogen and oxygen atoms in total. The van der Waals surface area contributed by atoms with Crippen molar-refractivity contribution in [2.24, 2.45) is 0 Å². The fourth-order valence-corrected chi connectivity index (χ4v) is 3.59. The zero-order valence-electron chi connectivity index (χ0n) is 14.6. The zero-order chi connectivity index (χ0) is 19.1. The number of hydrogen-bond donors (Lipinski definition) is 1. The standard InChI is InChI=1S/C23H14ClNO3/c24-16-11-12-18-17(13-16)19-20(21(26)14-7-3-1-4-8-14)22(27-28-23(19)25-18)15-9-5-2-6-10-15/h1-13,25H. The van der Waals surface area contributed by atoms with E-state index in [4.69, 9.17) is 21.4 Å². The zero-order valence-corrected chi connectivity index (χ0v) is 15.4. The van der Waals surface area contributed by atoms with Gasteiger partial charge in [0.15, 0.2) is 11.5 Å². The van der Waals surface area contributed by atoms with Crippen LogP contribution in [-0.4, -0.2) is 10.8 Å². The van der Waals surface area contributed by atoms with Gasteiger partial charge in [0.05, 0.1) is 11.1 Å². The molecule has 0 aliphatic carbocycles. The van der Waals surface area contributed by atoms with Crippen LogP contribution in [0.5, 0.6) is 5.88 Å². The van der Waals surface area contributed by atoms with E-state index in [-0.39, 0.29) is 5.78 Å². The van der Waals surface area contributed by atoms with Crippen molar-refractivity contribution in [3.05, 3.63) is 101 Å². The summed E-state index contributed by atoms with van der Waals surface area (Å²) in [5.41, 5.74) is 3.22. The predicted octanol–water partition coefficient (Wildman–Crippen LogP) is 5.90. The summed E-state index contributed by atoms with van der Waals surface area (Å²) in [7, 11) is 0. The molecular weight excluding hydrogens is 374 g/mol. The Labute approximate surface area is 165 Å². The first-order valence-electron chi connectivity index (χ1n) is 8.78. The maximum Gasteiger partial charge on any atom is 0.257 e. The third-order valence-corrected chi connectivity index (χ3v) is 4.95. The van der Waals surface area contributed by atoms with Crippen molar-refractivity contribution in [3.8, 4) is 5.88 Å². The fourth-order valence-electron chi connectivity index (χ4n) is 3.42. The lowest BCUT2D eigenvalue weighted by Gasteiger charge is -2.20. The number of carbonyl (C=O) groups excluding carboxylic acids is 1. The highest BCUT2D eigenvalue weighted by Crippen LogP contribution is 2.44. The molecule has 5 rings (SSSR count). The molecule has 5 heteroatoms. The Balaban J connectivity index is 1.83. The lowest BCUT2D eigenvalue weighted by atomic mass is 9.92. The Bertz CT molecular complexity index is 1230. The van der Waals surface area contributed by atoms with Gasteiger partial charge in [0.2, 0.25) is 0 Å². The van der Waals surface area contributed by atoms with E-state index >= 15 is 0 Å². The summed E-state index contributed by atoms with van der Waals surface area (Å²) in [6.07, 6.45) is 0. The first kappa shape index (κ1) is 16.7. The van der Waals surface area contributed by atoms with Crippen LogP contribution < -0.4 is 4.89 Å². The molecular formula is C23H14ClNO3. The molecule has 0 bridgehead atoms. The largest absolute Gasteiger partial charge is 0.321 e. The van der Waals surface area contributed by atoms with Gasteiger partial charge in [-0.2, -0.15) is 0 Å². The lowest BCUT2D eigenvalue weighted by Crippen LogP contribution is -2.14. The Morgan fingerprint density at radius 2 is 1.57 bits per heavy atom. The number of ketones is 1. The third-order valence-electron chi connectivity index (χ3n) is 4.71. The van der Waals surface area contributed by atoms with Crippen LogP contribution in [0.2, 0.25) is 5.02 Å². The van der Waals surface area contributed by atoms with E-state index in [2.05, 4.69) is 4.98 Å². The molecule has 3 aromatic carbocycles. The van der Waals surface area contributed by atoms with Crippen LogP contribution in [0.4, 0.5) is 0 Å². The summed E-state index contributed by atoms with van der Waals surface area (Å²) < 4.78 is 0. The van der Waals surface area contributed by atoms with E-state index in [0.717, 1.165) is 16.5 Å². The van der Waals surface area contributed by atoms with Crippen LogP contribution >= 0.6 is 11.6 Å². The van der Waals surface area contributed by atoms with Crippen molar-refractivity contribution in [1.29, 1.82) is 0 Å². The molecule has 0 saturated carbocycles. The molecule has 28 heavy (non-hydrogen) atoms. The van der Waals surface area contributed by atoms with Crippen LogP contribution in [0.25, 0.3) is 22.2 Å². The van der Waals surface area contributed by atoms with Crippen LogP contribution in [0.15, 0.2) is 78.9 Å². The number of H-pyrrole nitrogens is 1. The molecule has 0 amide bonds. The average molecular weight is 388 g/mol. The SMILES string of the molecule is O=C(C1=C(c2ccccc2)OOc2[nH]c3ccc(Cl)cc3c21)c1ccccc1. The van der Waals surface area contributed by atoms with Gasteiger partial charge in [-0.05, 0) is 18.2 Å². The number of carbonyl (C=O) groups is 1. The minimum absolute atomic E-state index is 0.148. The first-order valence-corrected chi connectivity index (χ1v) is 9.16. The molecule has 1 aliphatic rings. The second kappa shape index (κ2) is 6.59. The first-order chi connectivity index (χ1) is 13.7. The average Bonchev–Trinajstić information content (AvgIpc) is 3.11. The van der Waals surface area contributed by atoms with Gasteiger partial charge in [-0.15, -0.1) is 0 Å². The highest BCUT2D eigenvalue weighted by Gasteiger charge is 2.33. The molecule has 0 unspecified atom stereocenters. The van der Waals surface area contributed by atoms with E-state index < -0.39 is 0 Å². The van der Waals surface area contributed by atoms with Crippen molar-refractivity contribution < 1.29 is 14.6 Å². The van der Waals surface area contributed by atoms with Gasteiger partial charge in [0.1, 0.15) is 0 Å². The maximum absolute atomic E-state index is 13.5. The molecule has 4 aromatic rings. The Hall–Kier alpha value is -3.50. The van der Waals surface area contributed by atoms with Crippen molar-refractivity contribution in [3.63, 3.8) is 0 Å². The molecule has 0 radical (unpaired) electrons. The van der Waals surface area contributed by atoms with Crippen molar-refractivity contribution in [2.75, 3.05) is 0 Å². The second-order valence-corrected chi connectivity index (χ2v) is 6.89. The molecule has 2 heterocycles. The van der Waals surface area contributed by atoms with Crippen molar-refractivity contribution >= 4 is 39.6 Å². The molecule has 1 N–H and O–H groups in total. The van der Waals surface area contributed by atoms with Crippen molar-refractivity contribution in [2.45, 2.75) is 0 Å². The van der Waals surface area contributed by atoms with Gasteiger partial charge < -0.3 is 4.98 Å². The van der Waals surface area contributed by atoms with Gasteiger partial charge in [0, 0.05) is 27.1 Å². The Morgan fingerprint density at radius 3 is 2.32 bits per heavy atom. The smallest absolute Gasteiger partial charge is 0.257 e. The van der Waals surface area contributed by atoms with Gasteiger partial charge in [-0.25, -0.2) is 0 Å². The number of halogens is 1. The summed E-state index contributed by atoms with van der Waals surface area (Å²) >= 11 is 6.23. The molecule has 136 valence electrons. The van der Waals surface area contributed by atoms with E-state index in [0.29, 0.717) is 33.4 Å². The quantitative estimate of drug-likeness (QED) is 0.352. The molecule has 0 fully saturated rings. The second-order valence-electron chi connectivity index (χ2n) is 6.45. The van der Waals surface area contributed by atoms with Gasteiger partial charge >= 0.3 is 0 Å². The third kappa shape index (κ3) is 2.66. The maximum atomic E-state index is 13.5. The van der Waals surface area contributed by atoms with Crippen LogP contribution in [0.3, 0.4) is 0 Å². The number of aromatic amines is 1. The van der Waals surface area contributed by atoms with Gasteiger partial charge in [-0.3, -0.25) is 14.6 Å². The van der Waals surface area contributed by atoms with Crippen LogP contribution in [-0.2, 0) is 4.89 Å². The molecule has 0 spiro atoms. The van der Waals surface area contributed by atoms with Gasteiger partial charge in [0.25, 0.3) is 5.88 Å². The number of benzene rings is 3. The highest BCUT2D eigenvalue weighted by molar-refractivity contribution is 6.37. The summed E-state index contributed by atoms with van der Waals surface area (Å²) in [6.45, 7) is 0. The highest BCUT2D eigenvalue weighted by atomic mass is 35.5. The Kier molecular flexibility index (Phi) is 3.92. The lowest BCUT2D eigenvalue weighted by molar-refractivity contribution is -0.138. The molecule has 0 saturated heterocycles. The predicted molar refractivity (Wildman–Crippen MR) is 109 cm³/mol. The van der Waals surface area contributed by atoms with Crippen molar-refractivity contribution in [1.82, 2.24) is 4.98 Å². The molecule has 1 aliphatic heterocycles. The summed E-state index contributed by atoms with van der Waals surface area (Å²) in [5, 5.41) is 1.38. The summed E-state index contributed by atoms with van der Waals surface area (Å²) in [5.74, 6) is 0.615. The number of hydrogen-bond acceptors (Lipinski definition) is 3. The van der Waals surface area contributed by atoms with Crippen LogP contribution in [0.1, 0.15) is 21.5 Å². The summed E-state index contributed by atoms with van der Waals surface area (Å²) in [6, 6.07) is 24.0. The normalized spacial score (nSPS) is 13.0. The number of aromatic nitrogens is 1. The van der Waals surface area contributed by atoms with E-state index in [1.54, 1.807) is 18.2 Å². The number of rotatable bonds is 3. The molecule has 1 aromatic heterocycles. The minimum atomic E-state index is -0.148. The number of nitrogens with one attached hydrogen (secondary N) is 1. The monoisotopic (exact) mass is 387 g/mol. The molecule has 0 atom stereocenters. The number of fused-ring (bicyclic) bond motifs is 3.